The van der Waals surface area contributed by atoms with E-state index in [1.54, 1.807) is 0 Å². The fourth-order valence-corrected chi connectivity index (χ4v) is 4.73. The van der Waals surface area contributed by atoms with Crippen LogP contribution >= 0.6 is 32.1 Å². The first-order valence-corrected chi connectivity index (χ1v) is 14.8. The molecule has 38 heavy (non-hydrogen) atoms. The van der Waals surface area contributed by atoms with Crippen LogP contribution in [0.25, 0.3) is 0 Å². The third kappa shape index (κ3) is 14.8. The van der Waals surface area contributed by atoms with E-state index in [1.807, 2.05) is 20.8 Å². The maximum Gasteiger partial charge on any atom is 0.406 e. The third-order valence-electron chi connectivity index (χ3n) is 4.93. The lowest BCUT2D eigenvalue weighted by Gasteiger charge is -2.31. The number of carbonyl (C=O) groups excluding carboxylic acids is 4. The molecule has 0 aromatic heterocycles. The van der Waals surface area contributed by atoms with Crippen LogP contribution in [0, 0.1) is 5.41 Å². The summed E-state index contributed by atoms with van der Waals surface area (Å²) in [4.78, 5) is 45.9. The van der Waals surface area contributed by atoms with Gasteiger partial charge in [-0.1, -0.05) is 32.5 Å². The number of nitrogens with zero attached hydrogens (tertiary/aromatic N) is 1. The molecule has 0 bridgehead atoms. The Bertz CT molecular complexity index is 844. The lowest BCUT2D eigenvalue weighted by atomic mass is 9.99. The number of nitrogens with two attached hydrogens (primary N) is 1. The van der Waals surface area contributed by atoms with Crippen LogP contribution in [0.2, 0.25) is 0 Å². The zero-order valence-electron chi connectivity index (χ0n) is 22.5. The molecule has 0 aliphatic carbocycles. The Morgan fingerprint density at radius 2 is 2.00 bits per heavy atom. The van der Waals surface area contributed by atoms with E-state index in [-0.39, 0.29) is 37.5 Å². The maximum absolute atomic E-state index is 13.1. The number of nitrogens with one attached hydrogen (secondary N) is 2. The Kier molecular flexibility index (Phi) is 17.5. The minimum Gasteiger partial charge on any atom is -0.396 e. The molecule has 16 heteroatoms. The van der Waals surface area contributed by atoms with Crippen molar-refractivity contribution in [2.75, 3.05) is 39.2 Å². The van der Waals surface area contributed by atoms with Gasteiger partial charge in [0.2, 0.25) is 17.4 Å². The molecule has 0 aromatic rings. The molecule has 1 rings (SSSR count). The van der Waals surface area contributed by atoms with Gasteiger partial charge in [0.15, 0.2) is 5.62 Å². The Balaban J connectivity index is 0.00000203. The Morgan fingerprint density at radius 1 is 1.37 bits per heavy atom. The number of ether oxygens (including phenoxy) is 1. The predicted octanol–water partition coefficient (Wildman–Crippen LogP) is 1.06. The van der Waals surface area contributed by atoms with Crippen molar-refractivity contribution in [2.45, 2.75) is 58.4 Å². The predicted molar refractivity (Wildman–Crippen MR) is 149 cm³/mol. The van der Waals surface area contributed by atoms with E-state index in [0.717, 1.165) is 11.8 Å². The Morgan fingerprint density at radius 3 is 2.47 bits per heavy atom. The van der Waals surface area contributed by atoms with Gasteiger partial charge < -0.3 is 20.9 Å². The number of thiol groups is 1. The average Bonchev–Trinajstić information content (AvgIpc) is 3.30. The van der Waals surface area contributed by atoms with Crippen molar-refractivity contribution in [3.63, 3.8) is 0 Å². The highest BCUT2D eigenvalue weighted by atomic mass is 32.2. The van der Waals surface area contributed by atoms with E-state index in [9.17, 15) is 23.7 Å². The topological polar surface area (TPSA) is 187 Å². The van der Waals surface area contributed by atoms with E-state index in [2.05, 4.69) is 23.0 Å². The maximum atomic E-state index is 13.1. The molecular weight excluding hydrogens is 559 g/mol. The second-order valence-electron chi connectivity index (χ2n) is 9.46. The second kappa shape index (κ2) is 18.1. The second-order valence-corrected chi connectivity index (χ2v) is 12.6. The molecule has 3 unspecified atom stereocenters. The first-order valence-electron chi connectivity index (χ1n) is 11.8. The molecule has 5 N–H and O–H groups in total. The molecule has 1 heterocycles. The van der Waals surface area contributed by atoms with Gasteiger partial charge in [-0.2, -0.15) is 0 Å². The monoisotopic (exact) mass is 600 g/mol. The molecule has 0 spiro atoms. The summed E-state index contributed by atoms with van der Waals surface area (Å²) >= 11 is 4.63. The summed E-state index contributed by atoms with van der Waals surface area (Å²) in [5.41, 5.74) is 5.52. The highest BCUT2D eigenvalue weighted by molar-refractivity contribution is 8.11. The largest absolute Gasteiger partial charge is 0.406 e. The van der Waals surface area contributed by atoms with Crippen LogP contribution in [0.4, 0.5) is 0 Å². The minimum absolute atomic E-state index is 0.0165. The number of likely N-dealkylation sites (N-methyl/N-ethyl adjacent to an activating group) is 1. The van der Waals surface area contributed by atoms with Crippen molar-refractivity contribution >= 4 is 55.2 Å². The van der Waals surface area contributed by atoms with Gasteiger partial charge in [0.25, 0.3) is 0 Å². The van der Waals surface area contributed by atoms with Gasteiger partial charge in [0, 0.05) is 38.2 Å². The summed E-state index contributed by atoms with van der Waals surface area (Å²) in [6, 6.07) is -0.936. The average molecular weight is 601 g/mol. The Labute approximate surface area is 233 Å². The molecule has 13 nitrogen and oxygen atoms in total. The molecule has 1 aliphatic rings. The molecule has 1 saturated heterocycles. The number of hydrogen-bond donors (Lipinski definition) is 5. The molecule has 1 fully saturated rings. The van der Waals surface area contributed by atoms with Crippen molar-refractivity contribution in [3.8, 4) is 0 Å². The molecule has 0 saturated carbocycles. The van der Waals surface area contributed by atoms with Crippen molar-refractivity contribution in [1.29, 1.82) is 0 Å². The fraction of sp³-hybridized carbons (Fsp3) is 0.727. The summed E-state index contributed by atoms with van der Waals surface area (Å²) in [5, 5.41) is 12.7. The number of aliphatic hydroxyl groups is 1. The number of carbonyl (C=O) groups is 4. The first kappa shape index (κ1) is 36.7. The van der Waals surface area contributed by atoms with E-state index >= 15 is 0 Å². The molecule has 2 amide bonds. The SMILES string of the molecule is CC(C)(C)CO.CNC(=O)/C=C\N(C=O)C1CC[C@@](CN)(COP(=O)(NC(C)C(=O)S)OCCSC=O)O1. The highest BCUT2D eigenvalue weighted by Gasteiger charge is 2.43. The van der Waals surface area contributed by atoms with Crippen LogP contribution in [0.15, 0.2) is 12.3 Å². The number of hydrogen-bond acceptors (Lipinski definition) is 11. The summed E-state index contributed by atoms with van der Waals surface area (Å²) in [6.07, 6.45) is 3.01. The van der Waals surface area contributed by atoms with Crippen LogP contribution in [-0.4, -0.2) is 90.1 Å². The lowest BCUT2D eigenvalue weighted by Crippen LogP contribution is -2.45. The van der Waals surface area contributed by atoms with Gasteiger partial charge in [0.1, 0.15) is 11.8 Å². The quantitative estimate of drug-likeness (QED) is 0.0558. The molecule has 4 atom stereocenters. The summed E-state index contributed by atoms with van der Waals surface area (Å²) in [5.74, 6) is -0.165. The summed E-state index contributed by atoms with van der Waals surface area (Å²) in [6.45, 7) is 7.34. The molecular formula is C22H41N4O9PS2. The highest BCUT2D eigenvalue weighted by Crippen LogP contribution is 2.46. The van der Waals surface area contributed by atoms with Gasteiger partial charge in [-0.3, -0.25) is 33.1 Å². The zero-order chi connectivity index (χ0) is 29.4. The number of aliphatic hydroxyl groups excluding tert-OH is 1. The smallest absolute Gasteiger partial charge is 0.396 e. The van der Waals surface area contributed by atoms with E-state index in [0.29, 0.717) is 24.9 Å². The lowest BCUT2D eigenvalue weighted by molar-refractivity contribution is -0.136. The van der Waals surface area contributed by atoms with Gasteiger partial charge in [0.05, 0.1) is 19.3 Å². The zero-order valence-corrected chi connectivity index (χ0v) is 25.1. The standard InChI is InChI=1S/C17H29N4O8PS2.C5H12O/c1-13(16(25)31)20-30(26,27-7-8-32-12-23)28-10-17(9-18)5-3-15(29-17)21(11-22)6-4-14(24)19-2;1-5(2,3)4-6/h4,6,11-13,15H,3,5,7-10,18H2,1-2H3,(H,19,24)(H,20,26)(H,25,31);6H,4H2,1-3H3/b6-4-;/t13?,15?,17-,30?;/m1./s1. The van der Waals surface area contributed by atoms with E-state index in [4.69, 9.17) is 24.6 Å². The molecule has 0 aromatic carbocycles. The number of amides is 2. The summed E-state index contributed by atoms with van der Waals surface area (Å²) < 4.78 is 29.9. The Hall–Kier alpha value is -1.29. The molecule has 1 aliphatic heterocycles. The molecule has 220 valence electrons. The van der Waals surface area contributed by atoms with Crippen LogP contribution < -0.4 is 16.1 Å². The van der Waals surface area contributed by atoms with Crippen LogP contribution in [0.3, 0.4) is 0 Å². The third-order valence-corrected chi connectivity index (χ3v) is 7.55. The van der Waals surface area contributed by atoms with Crippen molar-refractivity contribution in [3.05, 3.63) is 12.3 Å². The molecule has 0 radical (unpaired) electrons. The normalized spacial score (nSPS) is 21.6. The van der Waals surface area contributed by atoms with Crippen LogP contribution in [0.5, 0.6) is 0 Å². The fourth-order valence-electron chi connectivity index (χ4n) is 2.61. The van der Waals surface area contributed by atoms with Crippen molar-refractivity contribution in [2.24, 2.45) is 11.1 Å². The first-order chi connectivity index (χ1) is 17.7. The minimum atomic E-state index is -3.99. The number of rotatable bonds is 16. The van der Waals surface area contributed by atoms with Gasteiger partial charge >= 0.3 is 7.75 Å². The van der Waals surface area contributed by atoms with Crippen molar-refractivity contribution in [1.82, 2.24) is 15.3 Å². The summed E-state index contributed by atoms with van der Waals surface area (Å²) in [7, 11) is -2.54. The van der Waals surface area contributed by atoms with Gasteiger partial charge in [-0.25, -0.2) is 9.65 Å². The van der Waals surface area contributed by atoms with E-state index < -0.39 is 36.6 Å². The van der Waals surface area contributed by atoms with Crippen LogP contribution in [0.1, 0.15) is 40.5 Å². The van der Waals surface area contributed by atoms with Gasteiger partial charge in [-0.05, 0) is 25.2 Å². The van der Waals surface area contributed by atoms with Crippen molar-refractivity contribution < 1.29 is 42.6 Å². The van der Waals surface area contributed by atoms with Gasteiger partial charge in [-0.15, -0.1) is 12.6 Å². The number of thioether (sulfide) groups is 1. The van der Waals surface area contributed by atoms with E-state index in [1.165, 1.54) is 31.1 Å². The van der Waals surface area contributed by atoms with Crippen LogP contribution in [-0.2, 0) is 37.5 Å².